The summed E-state index contributed by atoms with van der Waals surface area (Å²) in [6.45, 7) is 10.0. The van der Waals surface area contributed by atoms with E-state index in [0.717, 1.165) is 44.0 Å². The predicted octanol–water partition coefficient (Wildman–Crippen LogP) is 3.43. The number of β-amino-alcohol motifs (C(OH)–C–C–N with tert-alkyl or cyclic N) is 1. The topological polar surface area (TPSA) is 68.3 Å². The number of anilines is 1. The largest absolute Gasteiger partial charge is 0.495 e. The highest BCUT2D eigenvalue weighted by Crippen LogP contribution is 2.28. The van der Waals surface area contributed by atoms with Gasteiger partial charge in [-0.05, 0) is 43.0 Å². The van der Waals surface area contributed by atoms with Crippen LogP contribution in [-0.4, -0.2) is 86.5 Å². The Bertz CT molecular complexity index is 888. The quantitative estimate of drug-likeness (QED) is 0.551. The van der Waals surface area contributed by atoms with E-state index >= 15 is 0 Å². The van der Waals surface area contributed by atoms with Crippen LogP contribution >= 0.6 is 0 Å². The van der Waals surface area contributed by atoms with E-state index in [4.69, 9.17) is 4.74 Å². The Morgan fingerprint density at radius 1 is 1.15 bits per heavy atom. The third-order valence-electron chi connectivity index (χ3n) is 6.37. The number of hydrogen-bond acceptors (Lipinski definition) is 5. The number of amides is 2. The summed E-state index contributed by atoms with van der Waals surface area (Å²) in [5, 5.41) is 13.5. The maximum atomic E-state index is 12.6. The summed E-state index contributed by atoms with van der Waals surface area (Å²) in [5.74, 6) is 0.895. The van der Waals surface area contributed by atoms with Gasteiger partial charge in [0.05, 0.1) is 18.9 Å². The van der Waals surface area contributed by atoms with Crippen LogP contribution in [0.3, 0.4) is 0 Å². The number of rotatable bonds is 10. The summed E-state index contributed by atoms with van der Waals surface area (Å²) < 4.78 is 5.49. The number of allylic oxidation sites excluding steroid dienone is 2. The van der Waals surface area contributed by atoms with Crippen LogP contribution in [0.4, 0.5) is 10.5 Å². The number of aliphatic hydroxyl groups is 1. The Kier molecular flexibility index (Phi) is 10.0. The van der Waals surface area contributed by atoms with E-state index in [-0.39, 0.29) is 6.03 Å². The molecule has 0 saturated carbocycles. The fourth-order valence-electron chi connectivity index (χ4n) is 4.50. The minimum absolute atomic E-state index is 0.0699. The number of urea groups is 1. The van der Waals surface area contributed by atoms with Gasteiger partial charge in [-0.2, -0.15) is 0 Å². The molecule has 1 aromatic rings. The first-order valence-corrected chi connectivity index (χ1v) is 12.4. The van der Waals surface area contributed by atoms with E-state index in [1.54, 1.807) is 7.11 Å². The Balaban J connectivity index is 1.37. The molecule has 2 aliphatic heterocycles. The lowest BCUT2D eigenvalue weighted by Gasteiger charge is -2.37. The molecule has 1 saturated heterocycles. The lowest BCUT2D eigenvalue weighted by atomic mass is 10.1. The van der Waals surface area contributed by atoms with Gasteiger partial charge in [-0.25, -0.2) is 4.79 Å². The maximum Gasteiger partial charge on any atom is 0.318 e. The molecule has 2 heterocycles. The molecule has 34 heavy (non-hydrogen) atoms. The van der Waals surface area contributed by atoms with Crippen LogP contribution in [-0.2, 0) is 0 Å². The van der Waals surface area contributed by atoms with E-state index in [2.05, 4.69) is 46.3 Å². The van der Waals surface area contributed by atoms with E-state index < -0.39 is 6.10 Å². The first kappa shape index (κ1) is 25.8. The van der Waals surface area contributed by atoms with Crippen molar-refractivity contribution in [3.63, 3.8) is 0 Å². The average Bonchev–Trinajstić information content (AvgIpc) is 3.26. The predicted molar refractivity (Wildman–Crippen MR) is 139 cm³/mol. The molecule has 0 bridgehead atoms. The summed E-state index contributed by atoms with van der Waals surface area (Å²) >= 11 is 0. The monoisotopic (exact) mass is 468 g/mol. The van der Waals surface area contributed by atoms with Crippen LogP contribution in [0, 0.1) is 0 Å². The van der Waals surface area contributed by atoms with Gasteiger partial charge >= 0.3 is 6.03 Å². The molecule has 0 aliphatic carbocycles. The molecule has 1 aromatic carbocycles. The van der Waals surface area contributed by atoms with Crippen molar-refractivity contribution < 1.29 is 14.6 Å². The highest BCUT2D eigenvalue weighted by Gasteiger charge is 2.24. The third kappa shape index (κ3) is 7.11. The maximum absolute atomic E-state index is 12.6. The fourth-order valence-corrected chi connectivity index (χ4v) is 4.50. The highest BCUT2D eigenvalue weighted by atomic mass is 16.5. The molecular weight excluding hydrogens is 428 g/mol. The number of carbonyl (C=O) groups is 1. The highest BCUT2D eigenvalue weighted by molar-refractivity contribution is 5.76. The van der Waals surface area contributed by atoms with Crippen molar-refractivity contribution >= 4 is 11.7 Å². The second-order valence-corrected chi connectivity index (χ2v) is 8.85. The number of methoxy groups -OCH3 is 1. The van der Waals surface area contributed by atoms with Crippen LogP contribution in [0.1, 0.15) is 26.7 Å². The molecule has 7 heteroatoms. The molecule has 7 nitrogen and oxygen atoms in total. The molecule has 1 atom stereocenters. The minimum atomic E-state index is -0.462. The minimum Gasteiger partial charge on any atom is -0.495 e. The zero-order valence-corrected chi connectivity index (χ0v) is 20.9. The number of nitrogens with zero attached hydrogens (tertiary/aromatic N) is 3. The van der Waals surface area contributed by atoms with Crippen LogP contribution in [0.15, 0.2) is 59.7 Å². The van der Waals surface area contributed by atoms with Crippen molar-refractivity contribution in [2.75, 3.05) is 64.4 Å². The van der Waals surface area contributed by atoms with E-state index in [0.29, 0.717) is 32.6 Å². The van der Waals surface area contributed by atoms with Crippen molar-refractivity contribution in [1.82, 2.24) is 15.1 Å². The number of para-hydroxylation sites is 2. The average molecular weight is 469 g/mol. The normalized spacial score (nSPS) is 18.4. The van der Waals surface area contributed by atoms with Gasteiger partial charge in [0.15, 0.2) is 0 Å². The van der Waals surface area contributed by atoms with Gasteiger partial charge in [0.2, 0.25) is 0 Å². The lowest BCUT2D eigenvalue weighted by molar-refractivity contribution is 0.102. The summed E-state index contributed by atoms with van der Waals surface area (Å²) in [6.07, 6.45) is 9.42. The summed E-state index contributed by atoms with van der Waals surface area (Å²) in [7, 11) is 1.70. The van der Waals surface area contributed by atoms with Gasteiger partial charge in [0, 0.05) is 52.4 Å². The zero-order valence-electron chi connectivity index (χ0n) is 20.9. The summed E-state index contributed by atoms with van der Waals surface area (Å²) in [6, 6.07) is 8.02. The smallest absolute Gasteiger partial charge is 0.318 e. The van der Waals surface area contributed by atoms with E-state index in [1.807, 2.05) is 36.1 Å². The van der Waals surface area contributed by atoms with Gasteiger partial charge in [-0.1, -0.05) is 43.4 Å². The molecule has 0 spiro atoms. The molecule has 1 fully saturated rings. The first-order valence-electron chi connectivity index (χ1n) is 12.4. The van der Waals surface area contributed by atoms with Gasteiger partial charge < -0.3 is 25.0 Å². The zero-order chi connectivity index (χ0) is 24.3. The molecule has 2 N–H and O–H groups in total. The molecule has 0 radical (unpaired) electrons. The lowest BCUT2D eigenvalue weighted by Crippen LogP contribution is -2.49. The molecule has 2 amide bonds. The Labute approximate surface area is 204 Å². The van der Waals surface area contributed by atoms with Crippen molar-refractivity contribution in [2.24, 2.45) is 0 Å². The van der Waals surface area contributed by atoms with Crippen molar-refractivity contribution in [1.29, 1.82) is 0 Å². The SMILES string of the molecule is C/C=C\C1=C(/C=C/CC)CN(C(=O)NCCC(O)CN2CCN(c3ccccc3OC)CC2)C1. The van der Waals surface area contributed by atoms with Gasteiger partial charge in [-0.15, -0.1) is 0 Å². The fraction of sp³-hybridized carbons (Fsp3) is 0.519. The first-order chi connectivity index (χ1) is 16.5. The van der Waals surface area contributed by atoms with Crippen molar-refractivity contribution in [3.05, 3.63) is 59.7 Å². The van der Waals surface area contributed by atoms with Gasteiger partial charge in [-0.3, -0.25) is 4.90 Å². The summed E-state index contributed by atoms with van der Waals surface area (Å²) in [4.78, 5) is 19.1. The van der Waals surface area contributed by atoms with Gasteiger partial charge in [0.1, 0.15) is 5.75 Å². The van der Waals surface area contributed by atoms with E-state index in [1.165, 1.54) is 11.1 Å². The van der Waals surface area contributed by atoms with E-state index in [9.17, 15) is 9.90 Å². The number of piperazine rings is 1. The van der Waals surface area contributed by atoms with Crippen LogP contribution in [0.5, 0.6) is 5.75 Å². The molecule has 186 valence electrons. The molecule has 3 rings (SSSR count). The second kappa shape index (κ2) is 13.2. The number of nitrogens with one attached hydrogen (secondary N) is 1. The standard InChI is InChI=1S/C27H40N4O3/c1-4-6-10-23-20-31(19-22(23)9-5-2)27(33)28-14-13-24(32)21-29-15-17-30(18-16-29)25-11-7-8-12-26(25)34-3/h5-12,24,32H,4,13-21H2,1-3H3,(H,28,33)/b9-5-,10-6+. The number of benzene rings is 1. The molecule has 1 unspecified atom stereocenters. The summed E-state index contributed by atoms with van der Waals surface area (Å²) in [5.41, 5.74) is 3.51. The van der Waals surface area contributed by atoms with Crippen LogP contribution in [0.2, 0.25) is 0 Å². The molecule has 2 aliphatic rings. The third-order valence-corrected chi connectivity index (χ3v) is 6.37. The van der Waals surface area contributed by atoms with Crippen molar-refractivity contribution in [2.45, 2.75) is 32.8 Å². The Hall–Kier alpha value is -2.77. The number of ether oxygens (including phenoxy) is 1. The van der Waals surface area contributed by atoms with Crippen molar-refractivity contribution in [3.8, 4) is 5.75 Å². The van der Waals surface area contributed by atoms with Crippen LogP contribution < -0.4 is 15.0 Å². The van der Waals surface area contributed by atoms with Gasteiger partial charge in [0.25, 0.3) is 0 Å². The Morgan fingerprint density at radius 3 is 2.53 bits per heavy atom. The molecular formula is C27H40N4O3. The number of hydrogen-bond donors (Lipinski definition) is 2. The molecule has 0 aromatic heterocycles. The number of carbonyl (C=O) groups excluding carboxylic acids is 1. The second-order valence-electron chi connectivity index (χ2n) is 8.85. The Morgan fingerprint density at radius 2 is 1.85 bits per heavy atom. The number of aliphatic hydroxyl groups excluding tert-OH is 1. The van der Waals surface area contributed by atoms with Crippen LogP contribution in [0.25, 0.3) is 0 Å².